The molecule has 0 aromatic heterocycles. The van der Waals surface area contributed by atoms with Gasteiger partial charge >= 0.3 is 11.9 Å². The van der Waals surface area contributed by atoms with Crippen molar-refractivity contribution >= 4 is 11.9 Å². The molecule has 2 atom stereocenters. The van der Waals surface area contributed by atoms with Gasteiger partial charge in [0.1, 0.15) is 12.7 Å². The van der Waals surface area contributed by atoms with Crippen molar-refractivity contribution in [3.05, 3.63) is 24.3 Å². The zero-order valence-electron chi connectivity index (χ0n) is 31.7. The quantitative estimate of drug-likeness (QED) is 0.0379. The van der Waals surface area contributed by atoms with Crippen molar-refractivity contribution < 1.29 is 23.8 Å². The van der Waals surface area contributed by atoms with E-state index in [9.17, 15) is 9.59 Å². The van der Waals surface area contributed by atoms with Crippen molar-refractivity contribution in [3.63, 3.8) is 0 Å². The van der Waals surface area contributed by atoms with Crippen LogP contribution in [0.5, 0.6) is 0 Å². The Hall–Kier alpha value is -1.62. The highest BCUT2D eigenvalue weighted by molar-refractivity contribution is 5.69. The lowest BCUT2D eigenvalue weighted by atomic mass is 10.1. The second kappa shape index (κ2) is 37.2. The van der Waals surface area contributed by atoms with Crippen LogP contribution in [-0.2, 0) is 23.8 Å². The Morgan fingerprint density at radius 1 is 0.447 bits per heavy atom. The standard InChI is InChI=1S/C42H78O5/c1-5-7-9-11-13-15-17-19-21-23-25-27-29-31-33-35-41(43)46-37-39(3)45-38-40(4)47-42(44)36-34-32-30-28-26-24-22-20-18-16-14-12-10-8-6-2/h19-22,39-40H,5-18,23-38H2,1-4H3. The fourth-order valence-corrected chi connectivity index (χ4v) is 5.63. The highest BCUT2D eigenvalue weighted by Crippen LogP contribution is 2.12. The van der Waals surface area contributed by atoms with Gasteiger partial charge in [-0.2, -0.15) is 0 Å². The van der Waals surface area contributed by atoms with Gasteiger partial charge in [0.05, 0.1) is 12.7 Å². The zero-order chi connectivity index (χ0) is 34.5. The number of carbonyl (C=O) groups is 2. The molecule has 0 aromatic rings. The number of hydrogen-bond acceptors (Lipinski definition) is 5. The van der Waals surface area contributed by atoms with Crippen LogP contribution in [0, 0.1) is 0 Å². The smallest absolute Gasteiger partial charge is 0.306 e. The Kier molecular flexibility index (Phi) is 35.9. The summed E-state index contributed by atoms with van der Waals surface area (Å²) in [5.74, 6) is -0.310. The highest BCUT2D eigenvalue weighted by Gasteiger charge is 2.13. The van der Waals surface area contributed by atoms with Gasteiger partial charge in [-0.1, -0.05) is 141 Å². The van der Waals surface area contributed by atoms with Crippen molar-refractivity contribution in [2.24, 2.45) is 0 Å². The molecule has 0 heterocycles. The second-order valence-electron chi connectivity index (χ2n) is 13.8. The van der Waals surface area contributed by atoms with E-state index in [0.717, 1.165) is 25.7 Å². The number of carbonyl (C=O) groups excluding carboxylic acids is 2. The summed E-state index contributed by atoms with van der Waals surface area (Å²) in [6.45, 7) is 8.81. The summed E-state index contributed by atoms with van der Waals surface area (Å²) in [5.41, 5.74) is 0. The van der Waals surface area contributed by atoms with E-state index in [2.05, 4.69) is 38.2 Å². The normalized spacial score (nSPS) is 13.0. The molecule has 0 saturated carbocycles. The largest absolute Gasteiger partial charge is 0.463 e. The first-order chi connectivity index (χ1) is 23.0. The molecule has 2 unspecified atom stereocenters. The minimum atomic E-state index is -0.306. The third-order valence-corrected chi connectivity index (χ3v) is 8.71. The molecular weight excluding hydrogens is 584 g/mol. The van der Waals surface area contributed by atoms with Gasteiger partial charge in [-0.3, -0.25) is 9.59 Å². The Morgan fingerprint density at radius 3 is 1.23 bits per heavy atom. The van der Waals surface area contributed by atoms with E-state index in [0.29, 0.717) is 19.4 Å². The summed E-state index contributed by atoms with van der Waals surface area (Å²) in [7, 11) is 0. The maximum atomic E-state index is 12.2. The van der Waals surface area contributed by atoms with Crippen LogP contribution >= 0.6 is 0 Å². The average Bonchev–Trinajstić information content (AvgIpc) is 3.06. The maximum Gasteiger partial charge on any atom is 0.306 e. The van der Waals surface area contributed by atoms with Crippen molar-refractivity contribution in [2.45, 2.75) is 220 Å². The first kappa shape index (κ1) is 45.4. The molecular formula is C42H78O5. The van der Waals surface area contributed by atoms with Gasteiger partial charge in [0.2, 0.25) is 0 Å². The summed E-state index contributed by atoms with van der Waals surface area (Å²) >= 11 is 0. The SMILES string of the molecule is CCCCCCCCC=CCCCCCCCC(=O)OCC(C)OCC(C)OC(=O)CCCCCCCC=CCCCCCCCC. The molecule has 0 rings (SSSR count). The van der Waals surface area contributed by atoms with Crippen LogP contribution in [0.15, 0.2) is 24.3 Å². The lowest BCUT2D eigenvalue weighted by Gasteiger charge is -2.18. The maximum absolute atomic E-state index is 12.2. The number of unbranched alkanes of at least 4 members (excludes halogenated alkanes) is 22. The van der Waals surface area contributed by atoms with Gasteiger partial charge in [-0.05, 0) is 78.1 Å². The lowest BCUT2D eigenvalue weighted by molar-refractivity contribution is -0.154. The van der Waals surface area contributed by atoms with Crippen LogP contribution in [0.1, 0.15) is 207 Å². The van der Waals surface area contributed by atoms with Crippen molar-refractivity contribution in [1.29, 1.82) is 0 Å². The number of allylic oxidation sites excluding steroid dienone is 4. The average molecular weight is 663 g/mol. The Labute approximate surface area is 292 Å². The number of rotatable bonds is 36. The Bertz CT molecular complexity index is 731. The number of esters is 2. The Balaban J connectivity index is 3.54. The predicted octanol–water partition coefficient (Wildman–Crippen LogP) is 12.9. The van der Waals surface area contributed by atoms with E-state index < -0.39 is 0 Å². The minimum absolute atomic E-state index is 0.155. The molecule has 5 heteroatoms. The number of hydrogen-bond donors (Lipinski definition) is 0. The molecule has 0 saturated heterocycles. The molecule has 0 bridgehead atoms. The van der Waals surface area contributed by atoms with Crippen LogP contribution in [0.25, 0.3) is 0 Å². The fraction of sp³-hybridized carbons (Fsp3) is 0.857. The van der Waals surface area contributed by atoms with Gasteiger partial charge in [0.15, 0.2) is 0 Å². The minimum Gasteiger partial charge on any atom is -0.463 e. The fourth-order valence-electron chi connectivity index (χ4n) is 5.63. The van der Waals surface area contributed by atoms with Crippen molar-refractivity contribution in [2.75, 3.05) is 13.2 Å². The van der Waals surface area contributed by atoms with Crippen molar-refractivity contribution in [1.82, 2.24) is 0 Å². The van der Waals surface area contributed by atoms with Gasteiger partial charge in [0.25, 0.3) is 0 Å². The highest BCUT2D eigenvalue weighted by atomic mass is 16.6. The Morgan fingerprint density at radius 2 is 0.809 bits per heavy atom. The summed E-state index contributed by atoms with van der Waals surface area (Å²) in [6, 6.07) is 0. The molecule has 0 aliphatic heterocycles. The second-order valence-corrected chi connectivity index (χ2v) is 13.8. The molecule has 0 radical (unpaired) electrons. The van der Waals surface area contributed by atoms with Gasteiger partial charge in [-0.15, -0.1) is 0 Å². The van der Waals surface area contributed by atoms with Gasteiger partial charge in [-0.25, -0.2) is 0 Å². The first-order valence-corrected chi connectivity index (χ1v) is 20.3. The zero-order valence-corrected chi connectivity index (χ0v) is 31.7. The first-order valence-electron chi connectivity index (χ1n) is 20.3. The summed E-state index contributed by atoms with van der Waals surface area (Å²) < 4.78 is 16.6. The van der Waals surface area contributed by atoms with Crippen LogP contribution in [0.2, 0.25) is 0 Å². The van der Waals surface area contributed by atoms with Crippen molar-refractivity contribution in [3.8, 4) is 0 Å². The molecule has 0 N–H and O–H groups in total. The molecule has 0 spiro atoms. The number of ether oxygens (including phenoxy) is 3. The van der Waals surface area contributed by atoms with E-state index in [-0.39, 0.29) is 30.8 Å². The molecule has 0 aromatic carbocycles. The third kappa shape index (κ3) is 37.1. The summed E-state index contributed by atoms with van der Waals surface area (Å²) in [5, 5.41) is 0. The molecule has 47 heavy (non-hydrogen) atoms. The van der Waals surface area contributed by atoms with E-state index in [1.165, 1.54) is 141 Å². The lowest BCUT2D eigenvalue weighted by Crippen LogP contribution is -2.26. The molecule has 5 nitrogen and oxygen atoms in total. The van der Waals surface area contributed by atoms with E-state index in [1.807, 2.05) is 13.8 Å². The predicted molar refractivity (Wildman–Crippen MR) is 201 cm³/mol. The summed E-state index contributed by atoms with van der Waals surface area (Å²) in [4.78, 5) is 24.3. The molecule has 276 valence electrons. The topological polar surface area (TPSA) is 61.8 Å². The van der Waals surface area contributed by atoms with E-state index in [4.69, 9.17) is 14.2 Å². The van der Waals surface area contributed by atoms with Crippen LogP contribution in [0.4, 0.5) is 0 Å². The van der Waals surface area contributed by atoms with Crippen LogP contribution < -0.4 is 0 Å². The molecule has 0 fully saturated rings. The van der Waals surface area contributed by atoms with E-state index >= 15 is 0 Å². The van der Waals surface area contributed by atoms with Crippen LogP contribution in [0.3, 0.4) is 0 Å². The third-order valence-electron chi connectivity index (χ3n) is 8.71. The van der Waals surface area contributed by atoms with Gasteiger partial charge < -0.3 is 14.2 Å². The molecule has 0 aliphatic carbocycles. The summed E-state index contributed by atoms with van der Waals surface area (Å²) in [6.07, 6.45) is 42.1. The molecule has 0 aliphatic rings. The monoisotopic (exact) mass is 663 g/mol. The van der Waals surface area contributed by atoms with Gasteiger partial charge in [0, 0.05) is 12.8 Å². The van der Waals surface area contributed by atoms with E-state index in [1.54, 1.807) is 0 Å². The van der Waals surface area contributed by atoms with Crippen LogP contribution in [-0.4, -0.2) is 37.4 Å². The molecule has 0 amide bonds.